The number of carbonyl (C=O) groups excluding carboxylic acids is 2. The number of hydrogen-bond donors (Lipinski definition) is 2. The van der Waals surface area contributed by atoms with Crippen LogP contribution in [0.3, 0.4) is 0 Å². The van der Waals surface area contributed by atoms with Crippen molar-refractivity contribution in [3.05, 3.63) is 95.4 Å². The average molecular weight is 451 g/mol. The van der Waals surface area contributed by atoms with Crippen molar-refractivity contribution in [1.82, 2.24) is 5.32 Å². The summed E-state index contributed by atoms with van der Waals surface area (Å²) in [5.41, 5.74) is 1.59. The molecule has 0 unspecified atom stereocenters. The fourth-order valence-electron chi connectivity index (χ4n) is 3.08. The van der Waals surface area contributed by atoms with E-state index in [1.165, 1.54) is 18.0 Å². The summed E-state index contributed by atoms with van der Waals surface area (Å²) in [6.45, 7) is 0.405. The number of nitrogens with one attached hydrogen (secondary N) is 2. The Hall–Kier alpha value is -3.22. The second-order valence-corrected chi connectivity index (χ2v) is 8.21. The number of anilines is 1. The first-order valence-electron chi connectivity index (χ1n) is 9.61. The fourth-order valence-corrected chi connectivity index (χ4v) is 4.36. The molecule has 0 atom stereocenters. The number of fused-ring (bicyclic) bond motifs is 1. The van der Waals surface area contributed by atoms with E-state index in [0.717, 1.165) is 21.2 Å². The molecule has 31 heavy (non-hydrogen) atoms. The largest absolute Gasteiger partial charge is 0.459 e. The third-order valence-electron chi connectivity index (χ3n) is 4.62. The van der Waals surface area contributed by atoms with Gasteiger partial charge in [0, 0.05) is 27.5 Å². The number of benzene rings is 3. The number of amides is 2. The third kappa shape index (κ3) is 5.29. The number of furan rings is 1. The van der Waals surface area contributed by atoms with Crippen LogP contribution in [-0.2, 0) is 11.3 Å². The van der Waals surface area contributed by atoms with Crippen LogP contribution in [0.1, 0.15) is 16.1 Å². The van der Waals surface area contributed by atoms with Crippen molar-refractivity contribution >= 4 is 51.6 Å². The molecular weight excluding hydrogens is 432 g/mol. The van der Waals surface area contributed by atoms with Gasteiger partial charge in [0.15, 0.2) is 5.76 Å². The molecule has 0 aliphatic rings. The van der Waals surface area contributed by atoms with E-state index in [1.807, 2.05) is 48.5 Å². The molecular formula is C24H19ClN2O3S. The smallest absolute Gasteiger partial charge is 0.291 e. The van der Waals surface area contributed by atoms with E-state index in [-0.39, 0.29) is 17.6 Å². The predicted octanol–water partition coefficient (Wildman–Crippen LogP) is 5.75. The SMILES string of the molecule is O=C(CSc1cccc2cccc(Cl)c12)NCc1ccc(NC(=O)c2ccco2)cc1. The Morgan fingerprint density at radius 3 is 2.45 bits per heavy atom. The van der Waals surface area contributed by atoms with Crippen molar-refractivity contribution in [3.63, 3.8) is 0 Å². The van der Waals surface area contributed by atoms with Crippen LogP contribution in [0.15, 0.2) is 88.4 Å². The normalized spacial score (nSPS) is 10.7. The van der Waals surface area contributed by atoms with Crippen molar-refractivity contribution in [2.75, 3.05) is 11.1 Å². The molecule has 2 N–H and O–H groups in total. The predicted molar refractivity (Wildman–Crippen MR) is 125 cm³/mol. The van der Waals surface area contributed by atoms with Crippen LogP contribution < -0.4 is 10.6 Å². The highest BCUT2D eigenvalue weighted by Gasteiger charge is 2.10. The monoisotopic (exact) mass is 450 g/mol. The van der Waals surface area contributed by atoms with Crippen molar-refractivity contribution in [2.45, 2.75) is 11.4 Å². The Morgan fingerprint density at radius 2 is 1.71 bits per heavy atom. The van der Waals surface area contributed by atoms with Gasteiger partial charge in [-0.15, -0.1) is 11.8 Å². The molecule has 0 saturated heterocycles. The molecule has 1 heterocycles. The number of thioether (sulfide) groups is 1. The summed E-state index contributed by atoms with van der Waals surface area (Å²) < 4.78 is 5.07. The van der Waals surface area contributed by atoms with Crippen molar-refractivity contribution < 1.29 is 14.0 Å². The summed E-state index contributed by atoms with van der Waals surface area (Å²) in [6.07, 6.45) is 1.45. The molecule has 156 valence electrons. The molecule has 4 aromatic rings. The van der Waals surface area contributed by atoms with E-state index in [1.54, 1.807) is 24.3 Å². The van der Waals surface area contributed by atoms with Gasteiger partial charge in [0.25, 0.3) is 5.91 Å². The molecule has 3 aromatic carbocycles. The molecule has 7 heteroatoms. The number of hydrogen-bond acceptors (Lipinski definition) is 4. The summed E-state index contributed by atoms with van der Waals surface area (Å²) in [7, 11) is 0. The summed E-state index contributed by atoms with van der Waals surface area (Å²) >= 11 is 7.81. The van der Waals surface area contributed by atoms with Gasteiger partial charge in [-0.05, 0) is 47.3 Å². The van der Waals surface area contributed by atoms with E-state index in [4.69, 9.17) is 16.0 Å². The zero-order valence-corrected chi connectivity index (χ0v) is 18.0. The maximum atomic E-state index is 12.3. The van der Waals surface area contributed by atoms with E-state index in [2.05, 4.69) is 10.6 Å². The van der Waals surface area contributed by atoms with E-state index >= 15 is 0 Å². The van der Waals surface area contributed by atoms with Gasteiger partial charge in [-0.2, -0.15) is 0 Å². The van der Waals surface area contributed by atoms with Crippen LogP contribution in [-0.4, -0.2) is 17.6 Å². The second-order valence-electron chi connectivity index (χ2n) is 6.79. The van der Waals surface area contributed by atoms with Gasteiger partial charge in [0.05, 0.1) is 12.0 Å². The minimum absolute atomic E-state index is 0.0655. The summed E-state index contributed by atoms with van der Waals surface area (Å²) in [6, 6.07) is 22.3. The molecule has 0 spiro atoms. The van der Waals surface area contributed by atoms with Gasteiger partial charge >= 0.3 is 0 Å². The second kappa shape index (κ2) is 9.73. The molecule has 0 bridgehead atoms. The zero-order valence-electron chi connectivity index (χ0n) is 16.4. The van der Waals surface area contributed by atoms with Gasteiger partial charge in [0.2, 0.25) is 5.91 Å². The molecule has 0 aliphatic carbocycles. The summed E-state index contributed by atoms with van der Waals surface area (Å²) in [4.78, 5) is 25.3. The molecule has 0 radical (unpaired) electrons. The maximum Gasteiger partial charge on any atom is 0.291 e. The van der Waals surface area contributed by atoms with Crippen LogP contribution in [0.2, 0.25) is 5.02 Å². The number of rotatable bonds is 7. The zero-order chi connectivity index (χ0) is 21.6. The van der Waals surface area contributed by atoms with E-state index in [0.29, 0.717) is 23.0 Å². The van der Waals surface area contributed by atoms with Gasteiger partial charge in [-0.25, -0.2) is 0 Å². The Bertz CT molecular complexity index is 1200. The lowest BCUT2D eigenvalue weighted by Gasteiger charge is -2.09. The highest BCUT2D eigenvalue weighted by atomic mass is 35.5. The van der Waals surface area contributed by atoms with Crippen molar-refractivity contribution in [3.8, 4) is 0 Å². The van der Waals surface area contributed by atoms with Crippen LogP contribution in [0.4, 0.5) is 5.69 Å². The van der Waals surface area contributed by atoms with Gasteiger partial charge in [-0.1, -0.05) is 48.0 Å². The van der Waals surface area contributed by atoms with Crippen LogP contribution >= 0.6 is 23.4 Å². The lowest BCUT2D eigenvalue weighted by molar-refractivity contribution is -0.118. The molecule has 0 aliphatic heterocycles. The van der Waals surface area contributed by atoms with Crippen LogP contribution in [0.5, 0.6) is 0 Å². The molecule has 0 fully saturated rings. The molecule has 1 aromatic heterocycles. The summed E-state index contributed by atoms with van der Waals surface area (Å²) in [5, 5.41) is 8.38. The average Bonchev–Trinajstić information content (AvgIpc) is 3.32. The Labute approximate surface area is 188 Å². The van der Waals surface area contributed by atoms with Crippen molar-refractivity contribution in [2.24, 2.45) is 0 Å². The molecule has 5 nitrogen and oxygen atoms in total. The minimum atomic E-state index is -0.309. The fraction of sp³-hybridized carbons (Fsp3) is 0.0833. The lowest BCUT2D eigenvalue weighted by Crippen LogP contribution is -2.24. The third-order valence-corrected chi connectivity index (χ3v) is 5.99. The van der Waals surface area contributed by atoms with E-state index < -0.39 is 0 Å². The number of carbonyl (C=O) groups is 2. The van der Waals surface area contributed by atoms with Gasteiger partial charge in [-0.3, -0.25) is 9.59 Å². The molecule has 2 amide bonds. The topological polar surface area (TPSA) is 71.3 Å². The first-order valence-corrected chi connectivity index (χ1v) is 11.0. The quantitative estimate of drug-likeness (QED) is 0.352. The van der Waals surface area contributed by atoms with Gasteiger partial charge in [0.1, 0.15) is 0 Å². The summed E-state index contributed by atoms with van der Waals surface area (Å²) in [5.74, 6) is 0.170. The standard InChI is InChI=1S/C24H19ClN2O3S/c25-19-6-1-4-17-5-2-8-21(23(17)19)31-15-22(28)26-14-16-9-11-18(12-10-16)27-24(29)20-7-3-13-30-20/h1-13H,14-15H2,(H,26,28)(H,27,29). The van der Waals surface area contributed by atoms with Crippen LogP contribution in [0.25, 0.3) is 10.8 Å². The Kier molecular flexibility index (Phi) is 6.60. The number of halogens is 1. The van der Waals surface area contributed by atoms with Gasteiger partial charge < -0.3 is 15.1 Å². The first-order chi connectivity index (χ1) is 15.1. The highest BCUT2D eigenvalue weighted by Crippen LogP contribution is 2.33. The molecule has 4 rings (SSSR count). The maximum absolute atomic E-state index is 12.3. The van der Waals surface area contributed by atoms with Crippen molar-refractivity contribution in [1.29, 1.82) is 0 Å². The van der Waals surface area contributed by atoms with Crippen LogP contribution in [0, 0.1) is 0 Å². The van der Waals surface area contributed by atoms with E-state index in [9.17, 15) is 9.59 Å². The lowest BCUT2D eigenvalue weighted by atomic mass is 10.1. The first kappa shape index (κ1) is 21.0. The highest BCUT2D eigenvalue weighted by molar-refractivity contribution is 8.00. The Morgan fingerprint density at radius 1 is 0.935 bits per heavy atom. The minimum Gasteiger partial charge on any atom is -0.459 e. The Balaban J connectivity index is 1.29. The molecule has 0 saturated carbocycles.